The van der Waals surface area contributed by atoms with Crippen molar-refractivity contribution < 1.29 is 18.6 Å². The summed E-state index contributed by atoms with van der Waals surface area (Å²) in [6.07, 6.45) is 2.05. The second-order valence-electron chi connectivity index (χ2n) is 7.84. The standard InChI is InChI=1S/C22H28FN3O3/c1-14-10-17(11-15(2)24-14)13-29-18-4-6-26(7-5-18)16(3)21-19(23)12-20-22(25-21)28-9-8-27-20/h10-12,16,18H,4-9,13H2,1-3H3. The second-order valence-corrected chi connectivity index (χ2v) is 7.84. The van der Waals surface area contributed by atoms with Gasteiger partial charge in [-0.25, -0.2) is 9.37 Å². The smallest absolute Gasteiger partial charge is 0.257 e. The lowest BCUT2D eigenvalue weighted by molar-refractivity contribution is -0.0105. The molecule has 0 bridgehead atoms. The Hall–Kier alpha value is -2.25. The number of halogens is 1. The fraction of sp³-hybridized carbons (Fsp3) is 0.545. The fourth-order valence-corrected chi connectivity index (χ4v) is 4.08. The van der Waals surface area contributed by atoms with Gasteiger partial charge in [-0.05, 0) is 51.3 Å². The third kappa shape index (κ3) is 4.67. The Morgan fingerprint density at radius 3 is 2.52 bits per heavy atom. The molecule has 0 amide bonds. The van der Waals surface area contributed by atoms with E-state index >= 15 is 0 Å². The van der Waals surface area contributed by atoms with Gasteiger partial charge < -0.3 is 14.2 Å². The maximum atomic E-state index is 14.6. The lowest BCUT2D eigenvalue weighted by Crippen LogP contribution is -2.39. The van der Waals surface area contributed by atoms with E-state index in [-0.39, 0.29) is 18.0 Å². The van der Waals surface area contributed by atoms with Crippen LogP contribution in [-0.2, 0) is 11.3 Å². The lowest BCUT2D eigenvalue weighted by Gasteiger charge is -2.36. The molecule has 0 aliphatic carbocycles. The van der Waals surface area contributed by atoms with Gasteiger partial charge in [0.15, 0.2) is 5.75 Å². The van der Waals surface area contributed by atoms with E-state index in [1.54, 1.807) is 0 Å². The molecule has 2 aliphatic heterocycles. The molecule has 1 saturated heterocycles. The van der Waals surface area contributed by atoms with E-state index < -0.39 is 0 Å². The normalized spacial score (nSPS) is 18.6. The summed E-state index contributed by atoms with van der Waals surface area (Å²) in [5.74, 6) is 0.433. The van der Waals surface area contributed by atoms with E-state index in [2.05, 4.69) is 27.0 Å². The molecule has 1 fully saturated rings. The van der Waals surface area contributed by atoms with Crippen LogP contribution in [0.3, 0.4) is 0 Å². The minimum atomic E-state index is -0.344. The van der Waals surface area contributed by atoms with Crippen LogP contribution < -0.4 is 9.47 Å². The van der Waals surface area contributed by atoms with Crippen molar-refractivity contribution in [2.45, 2.75) is 52.4 Å². The Labute approximate surface area is 171 Å². The zero-order valence-corrected chi connectivity index (χ0v) is 17.3. The maximum absolute atomic E-state index is 14.6. The Morgan fingerprint density at radius 1 is 1.10 bits per heavy atom. The van der Waals surface area contributed by atoms with E-state index in [9.17, 15) is 4.39 Å². The van der Waals surface area contributed by atoms with Crippen LogP contribution in [0.1, 0.15) is 48.5 Å². The molecule has 0 N–H and O–H groups in total. The number of pyridine rings is 2. The Morgan fingerprint density at radius 2 is 1.79 bits per heavy atom. The van der Waals surface area contributed by atoms with Gasteiger partial charge in [0.2, 0.25) is 0 Å². The summed E-state index contributed by atoms with van der Waals surface area (Å²) in [5.41, 5.74) is 3.60. The molecule has 7 heteroatoms. The molecule has 2 aromatic rings. The van der Waals surface area contributed by atoms with E-state index in [4.69, 9.17) is 14.2 Å². The minimum absolute atomic E-state index is 0.128. The van der Waals surface area contributed by atoms with E-state index in [0.29, 0.717) is 37.1 Å². The van der Waals surface area contributed by atoms with Crippen LogP contribution in [0.25, 0.3) is 0 Å². The van der Waals surface area contributed by atoms with Crippen molar-refractivity contribution in [3.63, 3.8) is 0 Å². The number of fused-ring (bicyclic) bond motifs is 1. The van der Waals surface area contributed by atoms with Crippen molar-refractivity contribution >= 4 is 0 Å². The predicted octanol–water partition coefficient (Wildman–Crippen LogP) is 3.75. The molecule has 1 unspecified atom stereocenters. The second kappa shape index (κ2) is 8.63. The first kappa shape index (κ1) is 20.0. The first-order chi connectivity index (χ1) is 14.0. The quantitative estimate of drug-likeness (QED) is 0.761. The molecule has 0 saturated carbocycles. The average molecular weight is 401 g/mol. The van der Waals surface area contributed by atoms with Crippen molar-refractivity contribution in [2.24, 2.45) is 0 Å². The number of piperidine rings is 1. The molecule has 1 atom stereocenters. The number of hydrogen-bond donors (Lipinski definition) is 0. The number of ether oxygens (including phenoxy) is 3. The molecule has 4 rings (SSSR count). The van der Waals surface area contributed by atoms with Gasteiger partial charge in [-0.1, -0.05) is 0 Å². The average Bonchev–Trinajstić information content (AvgIpc) is 2.71. The molecule has 0 spiro atoms. The number of hydrogen-bond acceptors (Lipinski definition) is 6. The number of nitrogens with zero attached hydrogens (tertiary/aromatic N) is 3. The van der Waals surface area contributed by atoms with Crippen LogP contribution in [0, 0.1) is 19.7 Å². The SMILES string of the molecule is Cc1cc(COC2CCN(C(C)c3nc4c(cc3F)OCCO4)CC2)cc(C)n1. The molecule has 4 heterocycles. The van der Waals surface area contributed by atoms with Gasteiger partial charge in [0.25, 0.3) is 5.88 Å². The molecule has 156 valence electrons. The summed E-state index contributed by atoms with van der Waals surface area (Å²) in [5, 5.41) is 0. The van der Waals surface area contributed by atoms with Crippen molar-refractivity contribution in [3.8, 4) is 11.6 Å². The highest BCUT2D eigenvalue weighted by molar-refractivity contribution is 5.37. The van der Waals surface area contributed by atoms with Crippen LogP contribution in [0.2, 0.25) is 0 Å². The molecular weight excluding hydrogens is 373 g/mol. The third-order valence-electron chi connectivity index (χ3n) is 5.56. The van der Waals surface area contributed by atoms with E-state index in [1.165, 1.54) is 6.07 Å². The van der Waals surface area contributed by atoms with Crippen molar-refractivity contribution in [2.75, 3.05) is 26.3 Å². The summed E-state index contributed by atoms with van der Waals surface area (Å²) >= 11 is 0. The van der Waals surface area contributed by atoms with Crippen molar-refractivity contribution in [3.05, 3.63) is 46.7 Å². The Kier molecular flexibility index (Phi) is 5.96. The molecule has 29 heavy (non-hydrogen) atoms. The first-order valence-corrected chi connectivity index (χ1v) is 10.3. The van der Waals surface area contributed by atoms with Crippen molar-refractivity contribution in [1.82, 2.24) is 14.9 Å². The summed E-state index contributed by atoms with van der Waals surface area (Å²) in [6, 6.07) is 5.40. The van der Waals surface area contributed by atoms with Crippen LogP contribution in [0.5, 0.6) is 11.6 Å². The Bertz CT molecular complexity index is 848. The number of likely N-dealkylation sites (tertiary alicyclic amines) is 1. The fourth-order valence-electron chi connectivity index (χ4n) is 4.08. The van der Waals surface area contributed by atoms with Gasteiger partial charge in [0.1, 0.15) is 19.0 Å². The molecule has 2 aliphatic rings. The van der Waals surface area contributed by atoms with Crippen LogP contribution >= 0.6 is 0 Å². The lowest BCUT2D eigenvalue weighted by atomic mass is 10.0. The summed E-state index contributed by atoms with van der Waals surface area (Å²) in [4.78, 5) is 11.1. The Balaban J connectivity index is 1.33. The number of rotatable bonds is 5. The van der Waals surface area contributed by atoms with Gasteiger partial charge in [-0.3, -0.25) is 9.88 Å². The van der Waals surface area contributed by atoms with Gasteiger partial charge in [0.05, 0.1) is 24.4 Å². The summed E-state index contributed by atoms with van der Waals surface area (Å²) in [6.45, 7) is 9.15. The summed E-state index contributed by atoms with van der Waals surface area (Å²) < 4.78 is 31.6. The topological polar surface area (TPSA) is 56.7 Å². The highest BCUT2D eigenvalue weighted by Gasteiger charge is 2.28. The molecular formula is C22H28FN3O3. The summed E-state index contributed by atoms with van der Waals surface area (Å²) in [7, 11) is 0. The van der Waals surface area contributed by atoms with Gasteiger partial charge in [-0.15, -0.1) is 0 Å². The highest BCUT2D eigenvalue weighted by Crippen LogP contribution is 2.34. The van der Waals surface area contributed by atoms with E-state index in [0.717, 1.165) is 42.9 Å². The predicted molar refractivity (Wildman–Crippen MR) is 107 cm³/mol. The molecule has 2 aromatic heterocycles. The number of aryl methyl sites for hydroxylation is 2. The number of aromatic nitrogens is 2. The van der Waals surface area contributed by atoms with Gasteiger partial charge in [0, 0.05) is 30.5 Å². The van der Waals surface area contributed by atoms with Gasteiger partial charge in [-0.2, -0.15) is 0 Å². The first-order valence-electron chi connectivity index (χ1n) is 10.3. The maximum Gasteiger partial charge on any atom is 0.257 e. The minimum Gasteiger partial charge on any atom is -0.484 e. The molecule has 6 nitrogen and oxygen atoms in total. The zero-order valence-electron chi connectivity index (χ0n) is 17.3. The largest absolute Gasteiger partial charge is 0.484 e. The monoisotopic (exact) mass is 401 g/mol. The third-order valence-corrected chi connectivity index (χ3v) is 5.56. The van der Waals surface area contributed by atoms with Gasteiger partial charge >= 0.3 is 0 Å². The highest BCUT2D eigenvalue weighted by atomic mass is 19.1. The van der Waals surface area contributed by atoms with Crippen LogP contribution in [-0.4, -0.2) is 47.3 Å². The molecule has 0 aromatic carbocycles. The molecule has 0 radical (unpaired) electrons. The van der Waals surface area contributed by atoms with Crippen LogP contribution in [0.15, 0.2) is 18.2 Å². The van der Waals surface area contributed by atoms with Crippen molar-refractivity contribution in [1.29, 1.82) is 0 Å². The van der Waals surface area contributed by atoms with E-state index in [1.807, 2.05) is 20.8 Å². The zero-order chi connectivity index (χ0) is 20.4. The van der Waals surface area contributed by atoms with Crippen LogP contribution in [0.4, 0.5) is 4.39 Å².